The molecular formula is C10H7Cl2N5O3. The van der Waals surface area contributed by atoms with Crippen LogP contribution >= 0.6 is 23.2 Å². The SMILES string of the molecule is CNc1nc(Cl)nc(Oc2c(Cl)cccc2[N+](=O)[O-])n1. The van der Waals surface area contributed by atoms with E-state index in [0.717, 1.165) is 0 Å². The Morgan fingerprint density at radius 2 is 2.05 bits per heavy atom. The molecule has 1 aromatic carbocycles. The lowest BCUT2D eigenvalue weighted by Gasteiger charge is -2.07. The van der Waals surface area contributed by atoms with Gasteiger partial charge in [0.25, 0.3) is 0 Å². The molecule has 20 heavy (non-hydrogen) atoms. The lowest BCUT2D eigenvalue weighted by atomic mass is 10.3. The van der Waals surface area contributed by atoms with Crippen LogP contribution < -0.4 is 10.1 Å². The van der Waals surface area contributed by atoms with E-state index in [2.05, 4.69) is 20.3 Å². The minimum Gasteiger partial charge on any atom is -0.415 e. The fraction of sp³-hybridized carbons (Fsp3) is 0.100. The van der Waals surface area contributed by atoms with E-state index < -0.39 is 4.92 Å². The normalized spacial score (nSPS) is 10.2. The fourth-order valence-corrected chi connectivity index (χ4v) is 1.68. The number of hydrogen-bond donors (Lipinski definition) is 1. The molecule has 0 aliphatic carbocycles. The van der Waals surface area contributed by atoms with Crippen molar-refractivity contribution in [2.24, 2.45) is 0 Å². The van der Waals surface area contributed by atoms with Crippen molar-refractivity contribution in [2.45, 2.75) is 0 Å². The number of nitrogens with zero attached hydrogens (tertiary/aromatic N) is 4. The number of rotatable bonds is 4. The highest BCUT2D eigenvalue weighted by atomic mass is 35.5. The Balaban J connectivity index is 2.44. The Morgan fingerprint density at radius 3 is 2.70 bits per heavy atom. The molecule has 0 bridgehead atoms. The van der Waals surface area contributed by atoms with Crippen LogP contribution in [0.25, 0.3) is 0 Å². The average Bonchev–Trinajstić information content (AvgIpc) is 2.40. The van der Waals surface area contributed by atoms with E-state index in [-0.39, 0.29) is 33.7 Å². The van der Waals surface area contributed by atoms with E-state index in [0.29, 0.717) is 0 Å². The second-order valence-electron chi connectivity index (χ2n) is 3.41. The van der Waals surface area contributed by atoms with Crippen molar-refractivity contribution in [2.75, 3.05) is 12.4 Å². The maximum Gasteiger partial charge on any atom is 0.328 e. The van der Waals surface area contributed by atoms with E-state index in [4.69, 9.17) is 27.9 Å². The van der Waals surface area contributed by atoms with Crippen LogP contribution in [0.3, 0.4) is 0 Å². The molecule has 1 N–H and O–H groups in total. The number of nitro benzene ring substituents is 1. The molecule has 0 aliphatic heterocycles. The molecule has 8 nitrogen and oxygen atoms in total. The molecule has 104 valence electrons. The lowest BCUT2D eigenvalue weighted by molar-refractivity contribution is -0.385. The van der Waals surface area contributed by atoms with Crippen molar-refractivity contribution in [3.05, 3.63) is 38.6 Å². The molecular weight excluding hydrogens is 309 g/mol. The summed E-state index contributed by atoms with van der Waals surface area (Å²) in [4.78, 5) is 21.7. The molecule has 2 aromatic rings. The van der Waals surface area contributed by atoms with Crippen molar-refractivity contribution in [1.82, 2.24) is 15.0 Å². The van der Waals surface area contributed by atoms with E-state index in [1.807, 2.05) is 0 Å². The molecule has 2 rings (SSSR count). The van der Waals surface area contributed by atoms with Gasteiger partial charge in [0.2, 0.25) is 17.0 Å². The van der Waals surface area contributed by atoms with Crippen molar-refractivity contribution in [3.8, 4) is 11.8 Å². The van der Waals surface area contributed by atoms with E-state index >= 15 is 0 Å². The number of hydrogen-bond acceptors (Lipinski definition) is 7. The molecule has 1 heterocycles. The number of benzene rings is 1. The van der Waals surface area contributed by atoms with Crippen LogP contribution in [0.4, 0.5) is 11.6 Å². The van der Waals surface area contributed by atoms with Gasteiger partial charge >= 0.3 is 11.7 Å². The van der Waals surface area contributed by atoms with Crippen LogP contribution in [0.2, 0.25) is 10.3 Å². The maximum atomic E-state index is 10.9. The molecule has 0 spiro atoms. The number of anilines is 1. The summed E-state index contributed by atoms with van der Waals surface area (Å²) in [7, 11) is 1.58. The number of ether oxygens (including phenoxy) is 1. The van der Waals surface area contributed by atoms with Gasteiger partial charge in [-0.2, -0.15) is 15.0 Å². The molecule has 0 unspecified atom stereocenters. The topological polar surface area (TPSA) is 103 Å². The van der Waals surface area contributed by atoms with Gasteiger partial charge in [-0.15, -0.1) is 0 Å². The summed E-state index contributed by atoms with van der Waals surface area (Å²) in [6.07, 6.45) is 0. The predicted octanol–water partition coefficient (Wildman–Crippen LogP) is 2.92. The molecule has 10 heteroatoms. The molecule has 0 aliphatic rings. The Bertz CT molecular complexity index is 667. The smallest absolute Gasteiger partial charge is 0.328 e. The van der Waals surface area contributed by atoms with E-state index in [9.17, 15) is 10.1 Å². The number of para-hydroxylation sites is 1. The number of halogens is 2. The molecule has 1 aromatic heterocycles. The van der Waals surface area contributed by atoms with Crippen LogP contribution in [0.15, 0.2) is 18.2 Å². The Hall–Kier alpha value is -2.19. The summed E-state index contributed by atoms with van der Waals surface area (Å²) >= 11 is 11.6. The molecule has 0 saturated carbocycles. The standard InChI is InChI=1S/C10H7Cl2N5O3/c1-13-9-14-8(12)15-10(16-9)20-7-5(11)3-2-4-6(7)17(18)19/h2-4H,1H3,(H,13,14,15,16). The summed E-state index contributed by atoms with van der Waals surface area (Å²) in [5.41, 5.74) is -0.306. The van der Waals surface area contributed by atoms with Gasteiger partial charge in [-0.05, 0) is 17.7 Å². The zero-order valence-corrected chi connectivity index (χ0v) is 11.5. The van der Waals surface area contributed by atoms with Gasteiger partial charge < -0.3 is 10.1 Å². The summed E-state index contributed by atoms with van der Waals surface area (Å²) < 4.78 is 5.26. The number of nitrogens with one attached hydrogen (secondary N) is 1. The number of nitro groups is 1. The monoisotopic (exact) mass is 315 g/mol. The van der Waals surface area contributed by atoms with Gasteiger partial charge in [0.1, 0.15) is 0 Å². The third kappa shape index (κ3) is 3.03. The number of aromatic nitrogens is 3. The van der Waals surface area contributed by atoms with Crippen LogP contribution in [-0.4, -0.2) is 26.9 Å². The lowest BCUT2D eigenvalue weighted by Crippen LogP contribution is -2.02. The van der Waals surface area contributed by atoms with Crippen LogP contribution in [0.1, 0.15) is 0 Å². The van der Waals surface area contributed by atoms with Gasteiger partial charge in [-0.3, -0.25) is 10.1 Å². The highest BCUT2D eigenvalue weighted by molar-refractivity contribution is 6.32. The Morgan fingerprint density at radius 1 is 1.30 bits per heavy atom. The van der Waals surface area contributed by atoms with Crippen molar-refractivity contribution >= 4 is 34.8 Å². The molecule has 0 saturated heterocycles. The Kier molecular flexibility index (Phi) is 4.16. The first kappa shape index (κ1) is 14.2. The maximum absolute atomic E-state index is 10.9. The minimum absolute atomic E-state index is 0.0572. The summed E-state index contributed by atoms with van der Waals surface area (Å²) in [6, 6.07) is 3.94. The van der Waals surface area contributed by atoms with E-state index in [1.54, 1.807) is 7.05 Å². The highest BCUT2D eigenvalue weighted by Crippen LogP contribution is 2.36. The van der Waals surface area contributed by atoms with Gasteiger partial charge in [0.05, 0.1) is 9.95 Å². The zero-order chi connectivity index (χ0) is 14.7. The third-order valence-electron chi connectivity index (χ3n) is 2.15. The first-order valence-electron chi connectivity index (χ1n) is 5.21. The van der Waals surface area contributed by atoms with Gasteiger partial charge in [0.15, 0.2) is 0 Å². The quantitative estimate of drug-likeness (QED) is 0.683. The van der Waals surface area contributed by atoms with Crippen molar-refractivity contribution in [1.29, 1.82) is 0 Å². The predicted molar refractivity (Wildman–Crippen MR) is 72.6 cm³/mol. The first-order chi connectivity index (χ1) is 9.51. The van der Waals surface area contributed by atoms with Crippen LogP contribution in [0, 0.1) is 10.1 Å². The molecule has 0 radical (unpaired) electrons. The van der Waals surface area contributed by atoms with E-state index in [1.165, 1.54) is 18.2 Å². The summed E-state index contributed by atoms with van der Waals surface area (Å²) in [6.45, 7) is 0. The summed E-state index contributed by atoms with van der Waals surface area (Å²) in [5.74, 6) is -0.00167. The largest absolute Gasteiger partial charge is 0.415 e. The van der Waals surface area contributed by atoms with Crippen LogP contribution in [-0.2, 0) is 0 Å². The summed E-state index contributed by atoms with van der Waals surface area (Å²) in [5, 5.41) is 13.5. The average molecular weight is 316 g/mol. The minimum atomic E-state index is -0.622. The second kappa shape index (κ2) is 5.85. The van der Waals surface area contributed by atoms with Crippen LogP contribution in [0.5, 0.6) is 11.8 Å². The van der Waals surface area contributed by atoms with Gasteiger partial charge in [-0.25, -0.2) is 0 Å². The van der Waals surface area contributed by atoms with Crippen molar-refractivity contribution < 1.29 is 9.66 Å². The molecule has 0 amide bonds. The fourth-order valence-electron chi connectivity index (χ4n) is 1.32. The Labute approximate surface area is 122 Å². The van der Waals surface area contributed by atoms with Gasteiger partial charge in [-0.1, -0.05) is 17.7 Å². The molecule has 0 fully saturated rings. The third-order valence-corrected chi connectivity index (χ3v) is 2.61. The van der Waals surface area contributed by atoms with Crippen molar-refractivity contribution in [3.63, 3.8) is 0 Å². The van der Waals surface area contributed by atoms with Gasteiger partial charge in [0, 0.05) is 13.1 Å². The zero-order valence-electron chi connectivity index (χ0n) is 10.0. The first-order valence-corrected chi connectivity index (χ1v) is 5.97. The molecule has 0 atom stereocenters. The second-order valence-corrected chi connectivity index (χ2v) is 4.15. The highest BCUT2D eigenvalue weighted by Gasteiger charge is 2.20.